The van der Waals surface area contributed by atoms with Gasteiger partial charge in [-0.2, -0.15) is 17.0 Å². The van der Waals surface area contributed by atoms with Gasteiger partial charge in [0.1, 0.15) is 0 Å². The largest absolute Gasteiger partial charge is 0.379 e. The van der Waals surface area contributed by atoms with Crippen LogP contribution >= 0.6 is 0 Å². The molecule has 3 saturated heterocycles. The Bertz CT molecular complexity index is 918. The number of carbonyl (C=O) groups is 1. The summed E-state index contributed by atoms with van der Waals surface area (Å²) in [5.74, 6) is -0.0613. The van der Waals surface area contributed by atoms with E-state index in [1.165, 1.54) is 20.7 Å². The van der Waals surface area contributed by atoms with Gasteiger partial charge in [-0.1, -0.05) is 0 Å². The molecule has 0 unspecified atom stereocenters. The summed E-state index contributed by atoms with van der Waals surface area (Å²) in [7, 11) is -3.49. The third-order valence-electron chi connectivity index (χ3n) is 6.44. The molecule has 1 aromatic carbocycles. The van der Waals surface area contributed by atoms with Crippen molar-refractivity contribution in [2.45, 2.75) is 12.8 Å². The molecule has 0 aromatic heterocycles. The summed E-state index contributed by atoms with van der Waals surface area (Å²) in [5, 5.41) is 10.8. The fourth-order valence-corrected chi connectivity index (χ4v) is 6.11. The van der Waals surface area contributed by atoms with Gasteiger partial charge in [0.25, 0.3) is 15.9 Å². The van der Waals surface area contributed by atoms with Crippen molar-refractivity contribution in [3.8, 4) is 0 Å². The van der Waals surface area contributed by atoms with Gasteiger partial charge in [-0.15, -0.1) is 0 Å². The van der Waals surface area contributed by atoms with E-state index in [0.29, 0.717) is 78.4 Å². The molecule has 32 heavy (non-hydrogen) atoms. The van der Waals surface area contributed by atoms with Gasteiger partial charge in [0.2, 0.25) is 5.91 Å². The Balaban J connectivity index is 1.26. The van der Waals surface area contributed by atoms with E-state index >= 15 is 0 Å². The van der Waals surface area contributed by atoms with Gasteiger partial charge in [-0.3, -0.25) is 14.9 Å². The molecule has 0 N–H and O–H groups in total. The van der Waals surface area contributed by atoms with Gasteiger partial charge < -0.3 is 14.5 Å². The fourth-order valence-electron chi connectivity index (χ4n) is 4.50. The molecule has 0 atom stereocenters. The summed E-state index contributed by atoms with van der Waals surface area (Å²) < 4.78 is 33.8. The van der Waals surface area contributed by atoms with Crippen LogP contribution < -0.4 is 4.90 Å². The van der Waals surface area contributed by atoms with Gasteiger partial charge >= 0.3 is 0 Å². The highest BCUT2D eigenvalue weighted by Crippen LogP contribution is 2.25. The first kappa shape index (κ1) is 22.9. The average Bonchev–Trinajstić information content (AvgIpc) is 2.84. The van der Waals surface area contributed by atoms with Crippen molar-refractivity contribution < 1.29 is 22.9 Å². The van der Waals surface area contributed by atoms with E-state index < -0.39 is 15.1 Å². The maximum Gasteiger partial charge on any atom is 0.282 e. The van der Waals surface area contributed by atoms with Crippen molar-refractivity contribution in [1.29, 1.82) is 0 Å². The number of anilines is 1. The number of nitro benzene ring substituents is 1. The molecule has 3 heterocycles. The van der Waals surface area contributed by atoms with Crippen LogP contribution in [0.15, 0.2) is 24.3 Å². The number of nitro groups is 1. The molecular weight excluding hydrogens is 438 g/mol. The number of nitrogens with zero attached hydrogens (tertiary/aromatic N) is 5. The third kappa shape index (κ3) is 4.87. The zero-order chi connectivity index (χ0) is 22.7. The minimum atomic E-state index is -3.49. The SMILES string of the molecule is O=C(C1CCN(S(=O)(=O)N2CCOCC2)CC1)N1CCN(c2ccc([N+](=O)[O-])cc2)CC1. The van der Waals surface area contributed by atoms with Gasteiger partial charge in [0, 0.05) is 76.1 Å². The molecule has 3 fully saturated rings. The number of morpholine rings is 1. The first-order valence-electron chi connectivity index (χ1n) is 11.0. The zero-order valence-electron chi connectivity index (χ0n) is 18.0. The predicted molar refractivity (Wildman–Crippen MR) is 117 cm³/mol. The molecule has 0 saturated carbocycles. The summed E-state index contributed by atoms with van der Waals surface area (Å²) in [6.07, 6.45) is 1.07. The molecule has 12 heteroatoms. The summed E-state index contributed by atoms with van der Waals surface area (Å²) in [6.45, 7) is 4.80. The Hall–Kier alpha value is -2.28. The highest BCUT2D eigenvalue weighted by atomic mass is 32.2. The van der Waals surface area contributed by atoms with Crippen molar-refractivity contribution in [2.75, 3.05) is 70.5 Å². The third-order valence-corrected chi connectivity index (χ3v) is 8.48. The Morgan fingerprint density at radius 1 is 0.906 bits per heavy atom. The maximum atomic E-state index is 13.0. The van der Waals surface area contributed by atoms with E-state index in [-0.39, 0.29) is 17.5 Å². The topological polar surface area (TPSA) is 117 Å². The van der Waals surface area contributed by atoms with E-state index in [0.717, 1.165) is 5.69 Å². The van der Waals surface area contributed by atoms with Crippen LogP contribution in [-0.2, 0) is 19.7 Å². The van der Waals surface area contributed by atoms with Gasteiger partial charge in [0.15, 0.2) is 0 Å². The Morgan fingerprint density at radius 3 is 2.03 bits per heavy atom. The van der Waals surface area contributed by atoms with Crippen LogP contribution in [0.5, 0.6) is 0 Å². The van der Waals surface area contributed by atoms with Crippen LogP contribution in [-0.4, -0.2) is 98.3 Å². The molecule has 176 valence electrons. The highest BCUT2D eigenvalue weighted by Gasteiger charge is 2.37. The van der Waals surface area contributed by atoms with Gasteiger partial charge in [-0.25, -0.2) is 0 Å². The molecule has 0 aliphatic carbocycles. The molecule has 3 aliphatic rings. The first-order chi connectivity index (χ1) is 15.4. The number of piperidine rings is 1. The minimum Gasteiger partial charge on any atom is -0.379 e. The first-order valence-corrected chi connectivity index (χ1v) is 12.4. The van der Waals surface area contributed by atoms with Gasteiger partial charge in [0.05, 0.1) is 18.1 Å². The summed E-state index contributed by atoms with van der Waals surface area (Å²) in [5.41, 5.74) is 0.967. The molecule has 11 nitrogen and oxygen atoms in total. The molecule has 0 bridgehead atoms. The van der Waals surface area contributed by atoms with E-state index in [1.54, 1.807) is 12.1 Å². The number of hydrogen-bond acceptors (Lipinski definition) is 7. The summed E-state index contributed by atoms with van der Waals surface area (Å²) >= 11 is 0. The predicted octanol–water partition coefficient (Wildman–Crippen LogP) is 0.532. The smallest absolute Gasteiger partial charge is 0.282 e. The lowest BCUT2D eigenvalue weighted by Gasteiger charge is -2.40. The molecule has 1 amide bonds. The van der Waals surface area contributed by atoms with E-state index in [2.05, 4.69) is 4.90 Å². The lowest BCUT2D eigenvalue weighted by Crippen LogP contribution is -2.54. The molecular formula is C20H29N5O6S. The molecule has 4 rings (SSSR count). The van der Waals surface area contributed by atoms with Crippen LogP contribution in [0.25, 0.3) is 0 Å². The zero-order valence-corrected chi connectivity index (χ0v) is 18.8. The minimum absolute atomic E-state index is 0.0598. The number of amides is 1. The van der Waals surface area contributed by atoms with Crippen LogP contribution in [0.3, 0.4) is 0 Å². The Kier molecular flexibility index (Phi) is 6.93. The molecule has 1 aromatic rings. The van der Waals surface area contributed by atoms with E-state index in [1.807, 2.05) is 4.90 Å². The van der Waals surface area contributed by atoms with Crippen molar-refractivity contribution in [3.05, 3.63) is 34.4 Å². The second-order valence-electron chi connectivity index (χ2n) is 8.28. The monoisotopic (exact) mass is 467 g/mol. The van der Waals surface area contributed by atoms with Crippen LogP contribution in [0.2, 0.25) is 0 Å². The normalized spacial score (nSPS) is 22.1. The quantitative estimate of drug-likeness (QED) is 0.458. The number of hydrogen-bond donors (Lipinski definition) is 0. The molecule has 0 radical (unpaired) electrons. The molecule has 0 spiro atoms. The number of rotatable bonds is 5. The molecule has 3 aliphatic heterocycles. The standard InChI is InChI=1S/C20H29N5O6S/c26-20(17-5-7-23(8-6-17)32(29,30)24-13-15-31-16-14-24)22-11-9-21(10-12-22)18-1-3-19(4-2-18)25(27)28/h1-4,17H,5-16H2. The van der Waals surface area contributed by atoms with Crippen molar-refractivity contribution in [3.63, 3.8) is 0 Å². The van der Waals surface area contributed by atoms with Crippen LogP contribution in [0.1, 0.15) is 12.8 Å². The average molecular weight is 468 g/mol. The number of piperazine rings is 1. The number of non-ortho nitro benzene ring substituents is 1. The lowest BCUT2D eigenvalue weighted by atomic mass is 9.96. The fraction of sp³-hybridized carbons (Fsp3) is 0.650. The van der Waals surface area contributed by atoms with Crippen molar-refractivity contribution >= 4 is 27.5 Å². The summed E-state index contributed by atoms with van der Waals surface area (Å²) in [6, 6.07) is 6.46. The van der Waals surface area contributed by atoms with E-state index in [9.17, 15) is 23.3 Å². The second kappa shape index (κ2) is 9.69. The highest BCUT2D eigenvalue weighted by molar-refractivity contribution is 7.86. The Labute approximate surface area is 187 Å². The van der Waals surface area contributed by atoms with E-state index in [4.69, 9.17) is 4.74 Å². The Morgan fingerprint density at radius 2 is 1.47 bits per heavy atom. The number of ether oxygens (including phenoxy) is 1. The van der Waals surface area contributed by atoms with Crippen LogP contribution in [0.4, 0.5) is 11.4 Å². The van der Waals surface area contributed by atoms with Gasteiger partial charge in [-0.05, 0) is 25.0 Å². The number of carbonyl (C=O) groups excluding carboxylic acids is 1. The summed E-state index contributed by atoms with van der Waals surface area (Å²) in [4.78, 5) is 27.4. The van der Waals surface area contributed by atoms with Crippen molar-refractivity contribution in [1.82, 2.24) is 13.5 Å². The number of benzene rings is 1. The maximum absolute atomic E-state index is 13.0. The van der Waals surface area contributed by atoms with Crippen LogP contribution in [0, 0.1) is 16.0 Å². The second-order valence-corrected chi connectivity index (χ2v) is 10.2. The lowest BCUT2D eigenvalue weighted by molar-refractivity contribution is -0.384. The van der Waals surface area contributed by atoms with Crippen molar-refractivity contribution in [2.24, 2.45) is 5.92 Å².